The molecule has 9 heteroatoms. The van der Waals surface area contributed by atoms with Crippen molar-refractivity contribution in [3.63, 3.8) is 0 Å². The molecule has 1 amide bonds. The first-order valence-electron chi connectivity index (χ1n) is 9.58. The summed E-state index contributed by atoms with van der Waals surface area (Å²) < 4.78 is 12.3. The van der Waals surface area contributed by atoms with Gasteiger partial charge in [0.05, 0.1) is 5.52 Å². The summed E-state index contributed by atoms with van der Waals surface area (Å²) in [6.07, 6.45) is 0.567. The Labute approximate surface area is 176 Å². The highest BCUT2D eigenvalue weighted by molar-refractivity contribution is 7.71. The lowest BCUT2D eigenvalue weighted by Gasteiger charge is -2.10. The second kappa shape index (κ2) is 7.42. The average molecular weight is 422 g/mol. The van der Waals surface area contributed by atoms with Crippen LogP contribution in [0.25, 0.3) is 10.9 Å². The van der Waals surface area contributed by atoms with Gasteiger partial charge in [-0.25, -0.2) is 9.55 Å². The first-order valence-corrected chi connectivity index (χ1v) is 9.99. The number of benzene rings is 2. The van der Waals surface area contributed by atoms with Crippen molar-refractivity contribution in [1.82, 2.24) is 14.9 Å². The molecule has 2 N–H and O–H groups in total. The van der Waals surface area contributed by atoms with Crippen molar-refractivity contribution in [2.24, 2.45) is 0 Å². The van der Waals surface area contributed by atoms with E-state index in [-0.39, 0.29) is 29.8 Å². The monoisotopic (exact) mass is 422 g/mol. The zero-order chi connectivity index (χ0) is 20.7. The number of hydrogen-bond donors (Lipinski definition) is 2. The molecule has 30 heavy (non-hydrogen) atoms. The predicted molar refractivity (Wildman–Crippen MR) is 112 cm³/mol. The minimum atomic E-state index is -0.518. The van der Waals surface area contributed by atoms with Crippen LogP contribution < -0.4 is 20.1 Å². The van der Waals surface area contributed by atoms with Gasteiger partial charge in [-0.15, -0.1) is 0 Å². The molecule has 0 aliphatic carbocycles. The third kappa shape index (κ3) is 3.26. The molecule has 2 aliphatic heterocycles. The van der Waals surface area contributed by atoms with Crippen LogP contribution in [0.3, 0.4) is 0 Å². The van der Waals surface area contributed by atoms with Gasteiger partial charge in [0.2, 0.25) is 17.5 Å². The maximum atomic E-state index is 12.8. The van der Waals surface area contributed by atoms with E-state index in [4.69, 9.17) is 21.7 Å². The van der Waals surface area contributed by atoms with Crippen LogP contribution in [0.5, 0.6) is 11.5 Å². The second-order valence-corrected chi connectivity index (χ2v) is 7.50. The second-order valence-electron chi connectivity index (χ2n) is 7.13. The number of rotatable bonds is 5. The number of nitrogens with zero attached hydrogens (tertiary/aromatic N) is 2. The highest BCUT2D eigenvalue weighted by atomic mass is 32.1. The normalized spacial score (nSPS) is 16.4. The summed E-state index contributed by atoms with van der Waals surface area (Å²) in [5.41, 5.74) is 1.65. The Morgan fingerprint density at radius 2 is 2.07 bits per heavy atom. The molecule has 2 aromatic carbocycles. The first-order chi connectivity index (χ1) is 14.6. The number of carbonyl (C=O) groups is 2. The largest absolute Gasteiger partial charge is 0.454 e. The Kier molecular flexibility index (Phi) is 4.59. The molecule has 0 radical (unpaired) electrons. The van der Waals surface area contributed by atoms with Crippen LogP contribution in [0.15, 0.2) is 42.5 Å². The summed E-state index contributed by atoms with van der Waals surface area (Å²) in [5, 5.41) is 6.93. The van der Waals surface area contributed by atoms with Crippen LogP contribution in [0.2, 0.25) is 0 Å². The summed E-state index contributed by atoms with van der Waals surface area (Å²) in [6.45, 7) is 0.589. The van der Waals surface area contributed by atoms with Gasteiger partial charge in [-0.1, -0.05) is 18.2 Å². The summed E-state index contributed by atoms with van der Waals surface area (Å²) >= 11 is 5.29. The lowest BCUT2D eigenvalue weighted by atomic mass is 10.1. The van der Waals surface area contributed by atoms with E-state index in [1.165, 1.54) is 4.57 Å². The Hall–Kier alpha value is -3.46. The van der Waals surface area contributed by atoms with Crippen molar-refractivity contribution in [2.45, 2.75) is 25.4 Å². The van der Waals surface area contributed by atoms with Crippen molar-refractivity contribution < 1.29 is 19.1 Å². The Bertz CT molecular complexity index is 1240. The summed E-state index contributed by atoms with van der Waals surface area (Å²) in [4.78, 5) is 29.5. The highest BCUT2D eigenvalue weighted by Crippen LogP contribution is 2.32. The number of nitrogens with one attached hydrogen (secondary N) is 2. The lowest BCUT2D eigenvalue weighted by Crippen LogP contribution is -2.29. The molecule has 2 aliphatic rings. The topological polar surface area (TPSA) is 94.5 Å². The summed E-state index contributed by atoms with van der Waals surface area (Å²) in [6, 6.07) is 12.5. The molecule has 8 nitrogen and oxygen atoms in total. The van der Waals surface area contributed by atoms with Crippen LogP contribution in [0.1, 0.15) is 23.2 Å². The number of anilines is 1. The molecule has 0 saturated carbocycles. The lowest BCUT2D eigenvalue weighted by molar-refractivity contribution is -0.121. The van der Waals surface area contributed by atoms with Crippen molar-refractivity contribution in [3.8, 4) is 11.5 Å². The average Bonchev–Trinajstić information content (AvgIpc) is 3.35. The van der Waals surface area contributed by atoms with Gasteiger partial charge in [0.15, 0.2) is 11.5 Å². The van der Waals surface area contributed by atoms with Gasteiger partial charge in [-0.05, 0) is 48.5 Å². The fraction of sp³-hybridized carbons (Fsp3) is 0.238. The molecule has 0 fully saturated rings. The quantitative estimate of drug-likeness (QED) is 0.611. The third-order valence-corrected chi connectivity index (χ3v) is 5.48. The van der Waals surface area contributed by atoms with Gasteiger partial charge in [0, 0.05) is 18.4 Å². The van der Waals surface area contributed by atoms with E-state index < -0.39 is 6.04 Å². The molecule has 0 saturated heterocycles. The van der Waals surface area contributed by atoms with E-state index in [9.17, 15) is 9.59 Å². The molecule has 1 aromatic heterocycles. The van der Waals surface area contributed by atoms with E-state index in [0.29, 0.717) is 30.3 Å². The Morgan fingerprint density at radius 1 is 1.23 bits per heavy atom. The maximum absolute atomic E-state index is 12.8. The van der Waals surface area contributed by atoms with E-state index >= 15 is 0 Å². The number of amides is 1. The third-order valence-electron chi connectivity index (χ3n) is 5.21. The summed E-state index contributed by atoms with van der Waals surface area (Å²) in [5.74, 6) is 1.71. The van der Waals surface area contributed by atoms with E-state index in [0.717, 1.165) is 16.5 Å². The smallest absolute Gasteiger partial charge is 0.257 e. The fourth-order valence-electron chi connectivity index (χ4n) is 3.68. The van der Waals surface area contributed by atoms with Crippen molar-refractivity contribution >= 4 is 40.8 Å². The molecule has 152 valence electrons. The van der Waals surface area contributed by atoms with Crippen LogP contribution in [0.4, 0.5) is 5.82 Å². The van der Waals surface area contributed by atoms with Crippen LogP contribution in [-0.2, 0) is 11.3 Å². The number of carbonyl (C=O) groups excluding carboxylic acids is 2. The van der Waals surface area contributed by atoms with Crippen LogP contribution >= 0.6 is 12.2 Å². The molecule has 0 spiro atoms. The number of aromatic nitrogens is 2. The highest BCUT2D eigenvalue weighted by Gasteiger charge is 2.32. The van der Waals surface area contributed by atoms with Gasteiger partial charge in [0.1, 0.15) is 11.9 Å². The molecule has 1 atom stereocenters. The van der Waals surface area contributed by atoms with E-state index in [2.05, 4.69) is 15.6 Å². The molecule has 3 aromatic rings. The SMILES string of the molecule is O=C(CC[C@@H]1Nc2c3ccccc3nc(=S)n2C1=O)NCc1ccc2c(c1)OCO2. The maximum Gasteiger partial charge on any atom is 0.257 e. The molecular weight excluding hydrogens is 404 g/mol. The van der Waals surface area contributed by atoms with Crippen LogP contribution in [0, 0.1) is 4.77 Å². The number of para-hydroxylation sites is 1. The van der Waals surface area contributed by atoms with Crippen molar-refractivity contribution in [2.75, 3.05) is 12.1 Å². The van der Waals surface area contributed by atoms with Gasteiger partial charge in [-0.3, -0.25) is 9.59 Å². The number of hydrogen-bond acceptors (Lipinski definition) is 7. The standard InChI is InChI=1S/C21H18N4O4S/c26-18(22-10-12-5-7-16-17(9-12)29-11-28-16)8-6-15-20(27)25-19(23-15)13-3-1-2-4-14(13)24-21(25)30/h1-5,7,9,15,23H,6,8,10-11H2,(H,22,26)/t15-/m0/s1. The van der Waals surface area contributed by atoms with Crippen molar-refractivity contribution in [3.05, 3.63) is 52.8 Å². The molecule has 3 heterocycles. The van der Waals surface area contributed by atoms with Gasteiger partial charge in [-0.2, -0.15) is 0 Å². The minimum Gasteiger partial charge on any atom is -0.454 e. The number of fused-ring (bicyclic) bond motifs is 4. The van der Waals surface area contributed by atoms with E-state index in [1.54, 1.807) is 0 Å². The fourth-order valence-corrected chi connectivity index (χ4v) is 3.96. The predicted octanol–water partition coefficient (Wildman–Crippen LogP) is 3.03. The van der Waals surface area contributed by atoms with Crippen molar-refractivity contribution in [1.29, 1.82) is 0 Å². The van der Waals surface area contributed by atoms with Crippen LogP contribution in [-0.4, -0.2) is 34.2 Å². The van der Waals surface area contributed by atoms with E-state index in [1.807, 2.05) is 42.5 Å². The van der Waals surface area contributed by atoms with Gasteiger partial charge < -0.3 is 20.1 Å². The zero-order valence-corrected chi connectivity index (χ0v) is 16.7. The summed E-state index contributed by atoms with van der Waals surface area (Å²) in [7, 11) is 0. The number of ether oxygens (including phenoxy) is 2. The molecule has 0 bridgehead atoms. The Balaban J connectivity index is 1.22. The first kappa shape index (κ1) is 18.6. The Morgan fingerprint density at radius 3 is 2.97 bits per heavy atom. The molecule has 0 unspecified atom stereocenters. The molecule has 5 rings (SSSR count). The molecular formula is C21H18N4O4S. The zero-order valence-electron chi connectivity index (χ0n) is 15.9. The minimum absolute atomic E-state index is 0.134. The van der Waals surface area contributed by atoms with Gasteiger partial charge in [0.25, 0.3) is 5.91 Å². The van der Waals surface area contributed by atoms with Gasteiger partial charge >= 0.3 is 0 Å².